The molecule has 10 nitrogen and oxygen atoms in total. The van der Waals surface area contributed by atoms with Crippen LogP contribution in [0.15, 0.2) is 34.8 Å². The van der Waals surface area contributed by atoms with E-state index in [1.165, 1.54) is 30.3 Å². The zero-order valence-electron chi connectivity index (χ0n) is 15.4. The monoisotopic (exact) mass is 383 g/mol. The van der Waals surface area contributed by atoms with Crippen LogP contribution in [0, 0.1) is 24.0 Å². The van der Waals surface area contributed by atoms with Crippen LogP contribution in [0.2, 0.25) is 0 Å². The maximum Gasteiger partial charge on any atom is 0.331 e. The smallest absolute Gasteiger partial charge is 0.331 e. The molecule has 0 bridgehead atoms. The van der Waals surface area contributed by atoms with Crippen molar-refractivity contribution in [1.29, 1.82) is 0 Å². The van der Waals surface area contributed by atoms with E-state index in [-0.39, 0.29) is 24.1 Å². The molecule has 0 fully saturated rings. The summed E-state index contributed by atoms with van der Waals surface area (Å²) in [5, 5.41) is 22.6. The lowest BCUT2D eigenvalue weighted by molar-refractivity contribution is -0.384. The number of aromatic nitrogens is 4. The van der Waals surface area contributed by atoms with Gasteiger partial charge < -0.3 is 9.15 Å². The molecule has 3 rings (SSSR count). The number of esters is 1. The van der Waals surface area contributed by atoms with E-state index in [0.717, 1.165) is 17.0 Å². The van der Waals surface area contributed by atoms with Crippen molar-refractivity contribution in [3.05, 3.63) is 63.3 Å². The van der Waals surface area contributed by atoms with Gasteiger partial charge in [-0.2, -0.15) is 5.10 Å². The van der Waals surface area contributed by atoms with Crippen LogP contribution in [0.3, 0.4) is 0 Å². The first-order valence-corrected chi connectivity index (χ1v) is 8.27. The van der Waals surface area contributed by atoms with Crippen LogP contribution in [0.25, 0.3) is 17.5 Å². The highest BCUT2D eigenvalue weighted by molar-refractivity contribution is 5.87. The molecule has 144 valence electrons. The van der Waals surface area contributed by atoms with Gasteiger partial charge >= 0.3 is 5.97 Å². The van der Waals surface area contributed by atoms with E-state index in [2.05, 4.69) is 15.3 Å². The maximum atomic E-state index is 11.9. The van der Waals surface area contributed by atoms with Crippen LogP contribution >= 0.6 is 0 Å². The Balaban J connectivity index is 1.60. The molecule has 1 aromatic carbocycles. The zero-order chi connectivity index (χ0) is 20.3. The standard InChI is InChI=1S/C18H17N5O5/c1-11-15(12(2)22(3)21-11)8-9-17(24)27-10-16-19-20-18(28-16)13-4-6-14(7-5-13)23(25)26/h4-9H,10H2,1-3H3/b9-8+. The van der Waals surface area contributed by atoms with Gasteiger partial charge in [0, 0.05) is 42.1 Å². The minimum atomic E-state index is -0.558. The molecule has 10 heteroatoms. The molecule has 0 saturated heterocycles. The number of nitro groups is 1. The van der Waals surface area contributed by atoms with Gasteiger partial charge in [0.05, 0.1) is 10.6 Å². The second kappa shape index (κ2) is 7.82. The molecular formula is C18H17N5O5. The number of ether oxygens (including phenoxy) is 1. The first kappa shape index (κ1) is 19.0. The molecule has 3 aromatic rings. The third kappa shape index (κ3) is 4.11. The lowest BCUT2D eigenvalue weighted by Crippen LogP contribution is -2.01. The number of non-ortho nitro benzene ring substituents is 1. The van der Waals surface area contributed by atoms with Crippen molar-refractivity contribution < 1.29 is 18.9 Å². The molecule has 0 atom stereocenters. The first-order valence-electron chi connectivity index (χ1n) is 8.27. The number of carbonyl (C=O) groups excluding carboxylic acids is 1. The predicted molar refractivity (Wildman–Crippen MR) is 97.9 cm³/mol. The van der Waals surface area contributed by atoms with Crippen LogP contribution in [0.4, 0.5) is 5.69 Å². The third-order valence-electron chi connectivity index (χ3n) is 4.08. The zero-order valence-corrected chi connectivity index (χ0v) is 15.4. The summed E-state index contributed by atoms with van der Waals surface area (Å²) in [7, 11) is 1.83. The molecule has 0 N–H and O–H groups in total. The summed E-state index contributed by atoms with van der Waals surface area (Å²) in [4.78, 5) is 22.1. The van der Waals surface area contributed by atoms with E-state index in [1.807, 2.05) is 20.9 Å². The van der Waals surface area contributed by atoms with Gasteiger partial charge in [0.25, 0.3) is 11.6 Å². The average Bonchev–Trinajstić information content (AvgIpc) is 3.24. The van der Waals surface area contributed by atoms with Crippen molar-refractivity contribution >= 4 is 17.7 Å². The van der Waals surface area contributed by atoms with Crippen molar-refractivity contribution in [3.8, 4) is 11.5 Å². The number of hydrogen-bond acceptors (Lipinski definition) is 8. The Morgan fingerprint density at radius 3 is 2.61 bits per heavy atom. The molecule has 0 saturated carbocycles. The van der Waals surface area contributed by atoms with E-state index in [1.54, 1.807) is 10.8 Å². The number of nitrogens with zero attached hydrogens (tertiary/aromatic N) is 5. The number of aryl methyl sites for hydroxylation is 2. The molecular weight excluding hydrogens is 366 g/mol. The Hall–Kier alpha value is -3.82. The van der Waals surface area contributed by atoms with Gasteiger partial charge in [0.1, 0.15) is 0 Å². The van der Waals surface area contributed by atoms with E-state index in [0.29, 0.717) is 5.56 Å². The van der Waals surface area contributed by atoms with Crippen LogP contribution < -0.4 is 0 Å². The van der Waals surface area contributed by atoms with Gasteiger partial charge in [-0.05, 0) is 32.1 Å². The van der Waals surface area contributed by atoms with E-state index in [9.17, 15) is 14.9 Å². The van der Waals surface area contributed by atoms with Gasteiger partial charge in [0.2, 0.25) is 5.89 Å². The Kier molecular flexibility index (Phi) is 5.30. The molecule has 0 radical (unpaired) electrons. The third-order valence-corrected chi connectivity index (χ3v) is 4.08. The molecule has 0 spiro atoms. The predicted octanol–water partition coefficient (Wildman–Crippen LogP) is 2.75. The minimum absolute atomic E-state index is 0.0386. The number of benzene rings is 1. The van der Waals surface area contributed by atoms with E-state index >= 15 is 0 Å². The van der Waals surface area contributed by atoms with Gasteiger partial charge in [0.15, 0.2) is 6.61 Å². The summed E-state index contributed by atoms with van der Waals surface area (Å²) in [5.74, 6) is -0.264. The quantitative estimate of drug-likeness (QED) is 0.275. The normalized spacial score (nSPS) is 11.1. The van der Waals surface area contributed by atoms with Gasteiger partial charge in [-0.3, -0.25) is 14.8 Å². The number of nitro benzene ring substituents is 1. The molecule has 2 aromatic heterocycles. The summed E-state index contributed by atoms with van der Waals surface area (Å²) in [5.41, 5.74) is 3.10. The van der Waals surface area contributed by atoms with Crippen LogP contribution in [0.1, 0.15) is 22.8 Å². The Morgan fingerprint density at radius 1 is 1.29 bits per heavy atom. The second-order valence-corrected chi connectivity index (χ2v) is 5.95. The highest BCUT2D eigenvalue weighted by atomic mass is 16.6. The summed E-state index contributed by atoms with van der Waals surface area (Å²) >= 11 is 0. The van der Waals surface area contributed by atoms with E-state index < -0.39 is 10.9 Å². The Morgan fingerprint density at radius 2 is 2.00 bits per heavy atom. The van der Waals surface area contributed by atoms with Gasteiger partial charge in [-0.1, -0.05) is 0 Å². The van der Waals surface area contributed by atoms with Gasteiger partial charge in [-0.25, -0.2) is 4.79 Å². The molecule has 0 unspecified atom stereocenters. The summed E-state index contributed by atoms with van der Waals surface area (Å²) in [6.07, 6.45) is 2.96. The van der Waals surface area contributed by atoms with Crippen molar-refractivity contribution in [1.82, 2.24) is 20.0 Å². The lowest BCUT2D eigenvalue weighted by atomic mass is 10.2. The van der Waals surface area contributed by atoms with Crippen molar-refractivity contribution in [2.24, 2.45) is 7.05 Å². The fourth-order valence-corrected chi connectivity index (χ4v) is 2.52. The lowest BCUT2D eigenvalue weighted by Gasteiger charge is -1.98. The van der Waals surface area contributed by atoms with Crippen molar-refractivity contribution in [3.63, 3.8) is 0 Å². The largest absolute Gasteiger partial charge is 0.452 e. The molecule has 2 heterocycles. The Labute approximate surface area is 159 Å². The van der Waals surface area contributed by atoms with Gasteiger partial charge in [-0.15, -0.1) is 10.2 Å². The number of carbonyl (C=O) groups is 1. The SMILES string of the molecule is Cc1nn(C)c(C)c1/C=C/C(=O)OCc1nnc(-c2ccc([N+](=O)[O-])cc2)o1. The van der Waals surface area contributed by atoms with E-state index in [4.69, 9.17) is 9.15 Å². The number of hydrogen-bond donors (Lipinski definition) is 0. The summed E-state index contributed by atoms with van der Waals surface area (Å²) < 4.78 is 12.3. The van der Waals surface area contributed by atoms with Crippen molar-refractivity contribution in [2.45, 2.75) is 20.5 Å². The van der Waals surface area contributed by atoms with Crippen LogP contribution in [0.5, 0.6) is 0 Å². The molecule has 0 aliphatic rings. The van der Waals surface area contributed by atoms with Crippen LogP contribution in [-0.2, 0) is 23.2 Å². The fourth-order valence-electron chi connectivity index (χ4n) is 2.52. The minimum Gasteiger partial charge on any atom is -0.452 e. The highest BCUT2D eigenvalue weighted by Gasteiger charge is 2.12. The average molecular weight is 383 g/mol. The summed E-state index contributed by atoms with van der Waals surface area (Å²) in [6.45, 7) is 3.58. The molecule has 0 amide bonds. The maximum absolute atomic E-state index is 11.9. The Bertz CT molecular complexity index is 1050. The topological polar surface area (TPSA) is 126 Å². The number of rotatable bonds is 6. The molecule has 0 aliphatic heterocycles. The van der Waals surface area contributed by atoms with Crippen molar-refractivity contribution in [2.75, 3.05) is 0 Å². The molecule has 0 aliphatic carbocycles. The molecule has 28 heavy (non-hydrogen) atoms. The highest BCUT2D eigenvalue weighted by Crippen LogP contribution is 2.21. The first-order chi connectivity index (χ1) is 13.3. The fraction of sp³-hybridized carbons (Fsp3) is 0.222. The van der Waals surface area contributed by atoms with Crippen LogP contribution in [-0.4, -0.2) is 30.9 Å². The summed E-state index contributed by atoms with van der Waals surface area (Å²) in [6, 6.07) is 5.68. The second-order valence-electron chi connectivity index (χ2n) is 5.95.